The Kier molecular flexibility index (Phi) is 4.38. The highest BCUT2D eigenvalue weighted by Gasteiger charge is 2.12. The molecular formula is C16H19NOS. The lowest BCUT2D eigenvalue weighted by molar-refractivity contribution is 0.0953. The smallest absolute Gasteiger partial charge is 0.251 e. The van der Waals surface area contributed by atoms with E-state index in [1.165, 1.54) is 10.4 Å². The lowest BCUT2D eigenvalue weighted by atomic mass is 9.99. The van der Waals surface area contributed by atoms with Crippen LogP contribution in [0.5, 0.6) is 0 Å². The molecule has 0 unspecified atom stereocenters. The van der Waals surface area contributed by atoms with Crippen molar-refractivity contribution in [2.75, 3.05) is 6.54 Å². The van der Waals surface area contributed by atoms with Gasteiger partial charge in [-0.15, -0.1) is 11.3 Å². The fraction of sp³-hybridized carbons (Fsp3) is 0.312. The Labute approximate surface area is 118 Å². The Morgan fingerprint density at radius 2 is 1.89 bits per heavy atom. The van der Waals surface area contributed by atoms with Gasteiger partial charge in [-0.1, -0.05) is 23.8 Å². The van der Waals surface area contributed by atoms with Crippen molar-refractivity contribution in [1.82, 2.24) is 5.32 Å². The monoisotopic (exact) mass is 273 g/mol. The standard InChI is InChI=1S/C16H19NOS/c1-11-9-12(2)15(13(3)10-11)16(18)17-7-6-14-5-4-8-19-14/h4-5,8-10H,6-7H2,1-3H3,(H,17,18). The van der Waals surface area contributed by atoms with Crippen LogP contribution in [0.2, 0.25) is 0 Å². The number of aryl methyl sites for hydroxylation is 3. The molecule has 3 heteroatoms. The average molecular weight is 273 g/mol. The van der Waals surface area contributed by atoms with Crippen molar-refractivity contribution in [1.29, 1.82) is 0 Å². The number of carbonyl (C=O) groups excluding carboxylic acids is 1. The molecule has 1 amide bonds. The Morgan fingerprint density at radius 3 is 2.47 bits per heavy atom. The Morgan fingerprint density at radius 1 is 1.21 bits per heavy atom. The van der Waals surface area contributed by atoms with E-state index >= 15 is 0 Å². The second kappa shape index (κ2) is 6.02. The van der Waals surface area contributed by atoms with Gasteiger partial charge in [-0.25, -0.2) is 0 Å². The molecule has 0 saturated carbocycles. The second-order valence-corrected chi connectivity index (χ2v) is 5.89. The zero-order chi connectivity index (χ0) is 13.8. The van der Waals surface area contributed by atoms with Gasteiger partial charge in [-0.2, -0.15) is 0 Å². The summed E-state index contributed by atoms with van der Waals surface area (Å²) in [6.45, 7) is 6.73. The van der Waals surface area contributed by atoms with Gasteiger partial charge in [0.2, 0.25) is 0 Å². The fourth-order valence-corrected chi connectivity index (χ4v) is 3.09. The highest BCUT2D eigenvalue weighted by Crippen LogP contribution is 2.16. The summed E-state index contributed by atoms with van der Waals surface area (Å²) >= 11 is 1.73. The zero-order valence-corrected chi connectivity index (χ0v) is 12.4. The van der Waals surface area contributed by atoms with Crippen LogP contribution < -0.4 is 5.32 Å². The van der Waals surface area contributed by atoms with Gasteiger partial charge in [0.05, 0.1) is 0 Å². The van der Waals surface area contributed by atoms with Crippen LogP contribution in [0, 0.1) is 20.8 Å². The summed E-state index contributed by atoms with van der Waals surface area (Å²) in [5.41, 5.74) is 4.11. The lowest BCUT2D eigenvalue weighted by Crippen LogP contribution is -2.27. The van der Waals surface area contributed by atoms with E-state index in [9.17, 15) is 4.79 Å². The summed E-state index contributed by atoms with van der Waals surface area (Å²) < 4.78 is 0. The number of hydrogen-bond donors (Lipinski definition) is 1. The number of rotatable bonds is 4. The summed E-state index contributed by atoms with van der Waals surface area (Å²) in [6.07, 6.45) is 0.896. The SMILES string of the molecule is Cc1cc(C)c(C(=O)NCCc2cccs2)c(C)c1. The van der Waals surface area contributed by atoms with Crippen LogP contribution >= 0.6 is 11.3 Å². The Bertz CT molecular complexity index is 549. The van der Waals surface area contributed by atoms with Crippen LogP contribution in [0.3, 0.4) is 0 Å². The third kappa shape index (κ3) is 3.44. The van der Waals surface area contributed by atoms with Crippen molar-refractivity contribution >= 4 is 17.2 Å². The lowest BCUT2D eigenvalue weighted by Gasteiger charge is -2.11. The van der Waals surface area contributed by atoms with E-state index in [-0.39, 0.29) is 5.91 Å². The van der Waals surface area contributed by atoms with Gasteiger partial charge in [-0.05, 0) is 49.8 Å². The third-order valence-electron chi connectivity index (χ3n) is 3.14. The number of nitrogens with one attached hydrogen (secondary N) is 1. The molecule has 1 aromatic heterocycles. The molecule has 0 bridgehead atoms. The highest BCUT2D eigenvalue weighted by atomic mass is 32.1. The van der Waals surface area contributed by atoms with Crippen molar-refractivity contribution in [3.8, 4) is 0 Å². The summed E-state index contributed by atoms with van der Waals surface area (Å²) in [5.74, 6) is 0.0338. The molecule has 1 heterocycles. The van der Waals surface area contributed by atoms with E-state index in [2.05, 4.69) is 35.8 Å². The van der Waals surface area contributed by atoms with Crippen molar-refractivity contribution in [3.63, 3.8) is 0 Å². The molecule has 0 saturated heterocycles. The molecule has 0 aliphatic rings. The number of benzene rings is 1. The van der Waals surface area contributed by atoms with Gasteiger partial charge >= 0.3 is 0 Å². The van der Waals surface area contributed by atoms with Crippen LogP contribution in [0.4, 0.5) is 0 Å². The van der Waals surface area contributed by atoms with Gasteiger partial charge in [0, 0.05) is 17.0 Å². The molecule has 2 aromatic rings. The maximum atomic E-state index is 12.2. The van der Waals surface area contributed by atoms with Crippen LogP contribution in [0.25, 0.3) is 0 Å². The van der Waals surface area contributed by atoms with Gasteiger partial charge in [0.25, 0.3) is 5.91 Å². The van der Waals surface area contributed by atoms with Crippen molar-refractivity contribution in [2.45, 2.75) is 27.2 Å². The quantitative estimate of drug-likeness (QED) is 0.905. The molecule has 100 valence electrons. The van der Waals surface area contributed by atoms with E-state index in [0.29, 0.717) is 6.54 Å². The van der Waals surface area contributed by atoms with Crippen molar-refractivity contribution in [3.05, 3.63) is 56.8 Å². The normalized spacial score (nSPS) is 10.5. The summed E-state index contributed by atoms with van der Waals surface area (Å²) in [4.78, 5) is 13.5. The first-order valence-corrected chi connectivity index (χ1v) is 7.34. The summed E-state index contributed by atoms with van der Waals surface area (Å²) in [7, 11) is 0. The molecule has 2 rings (SSSR count). The van der Waals surface area contributed by atoms with Crippen LogP contribution in [-0.2, 0) is 6.42 Å². The number of hydrogen-bond acceptors (Lipinski definition) is 2. The van der Waals surface area contributed by atoms with Gasteiger partial charge in [0.15, 0.2) is 0 Å². The van der Waals surface area contributed by atoms with Crippen LogP contribution in [0.1, 0.15) is 31.9 Å². The molecule has 0 spiro atoms. The van der Waals surface area contributed by atoms with E-state index in [1.54, 1.807) is 11.3 Å². The second-order valence-electron chi connectivity index (χ2n) is 4.86. The molecule has 0 atom stereocenters. The molecule has 0 fully saturated rings. The number of thiophene rings is 1. The maximum absolute atomic E-state index is 12.2. The average Bonchev–Trinajstić information content (AvgIpc) is 2.80. The summed E-state index contributed by atoms with van der Waals surface area (Å²) in [6, 6.07) is 8.25. The molecular weight excluding hydrogens is 254 g/mol. The molecule has 1 aromatic carbocycles. The molecule has 0 aliphatic carbocycles. The van der Waals surface area contributed by atoms with Gasteiger partial charge in [0.1, 0.15) is 0 Å². The van der Waals surface area contributed by atoms with E-state index in [4.69, 9.17) is 0 Å². The topological polar surface area (TPSA) is 29.1 Å². The first-order chi connectivity index (χ1) is 9.08. The third-order valence-corrected chi connectivity index (χ3v) is 4.08. The molecule has 0 aliphatic heterocycles. The fourth-order valence-electron chi connectivity index (χ4n) is 2.38. The van der Waals surface area contributed by atoms with Gasteiger partial charge < -0.3 is 5.32 Å². The number of carbonyl (C=O) groups is 1. The largest absolute Gasteiger partial charge is 0.352 e. The van der Waals surface area contributed by atoms with Crippen LogP contribution in [0.15, 0.2) is 29.6 Å². The predicted octanol–water partition coefficient (Wildman–Crippen LogP) is 3.65. The minimum absolute atomic E-state index is 0.0338. The molecule has 19 heavy (non-hydrogen) atoms. The predicted molar refractivity (Wildman–Crippen MR) is 81.0 cm³/mol. The molecule has 2 nitrogen and oxygen atoms in total. The van der Waals surface area contributed by atoms with Gasteiger partial charge in [-0.3, -0.25) is 4.79 Å². The molecule has 1 N–H and O–H groups in total. The first kappa shape index (κ1) is 13.8. The van der Waals surface area contributed by atoms with E-state index in [1.807, 2.05) is 19.9 Å². The summed E-state index contributed by atoms with van der Waals surface area (Å²) in [5, 5.41) is 5.07. The maximum Gasteiger partial charge on any atom is 0.251 e. The Hall–Kier alpha value is -1.61. The van der Waals surface area contributed by atoms with Crippen molar-refractivity contribution < 1.29 is 4.79 Å². The van der Waals surface area contributed by atoms with Crippen molar-refractivity contribution in [2.24, 2.45) is 0 Å². The highest BCUT2D eigenvalue weighted by molar-refractivity contribution is 7.09. The molecule has 0 radical (unpaired) electrons. The number of amides is 1. The van der Waals surface area contributed by atoms with E-state index < -0.39 is 0 Å². The minimum Gasteiger partial charge on any atom is -0.352 e. The minimum atomic E-state index is 0.0338. The van der Waals surface area contributed by atoms with Crippen LogP contribution in [-0.4, -0.2) is 12.5 Å². The Balaban J connectivity index is 2.00. The van der Waals surface area contributed by atoms with E-state index in [0.717, 1.165) is 23.1 Å². The zero-order valence-electron chi connectivity index (χ0n) is 11.6. The first-order valence-electron chi connectivity index (χ1n) is 6.46.